The first-order valence-electron chi connectivity index (χ1n) is 10.2. The van der Waals surface area contributed by atoms with E-state index in [9.17, 15) is 4.79 Å². The second kappa shape index (κ2) is 11.9. The molecule has 1 amide bonds. The molecular weight excluding hydrogens is 402 g/mol. The van der Waals surface area contributed by atoms with Gasteiger partial charge in [-0.2, -0.15) is 0 Å². The molecule has 1 aliphatic rings. The van der Waals surface area contributed by atoms with Crippen molar-refractivity contribution in [2.24, 2.45) is 0 Å². The summed E-state index contributed by atoms with van der Waals surface area (Å²) in [6.07, 6.45) is 1.70. The molecule has 0 aliphatic carbocycles. The maximum absolute atomic E-state index is 12.3. The van der Waals surface area contributed by atoms with Crippen LogP contribution in [-0.4, -0.2) is 70.3 Å². The smallest absolute Gasteiger partial charge is 0.249 e. The summed E-state index contributed by atoms with van der Waals surface area (Å²) in [6, 6.07) is 4.08. The maximum Gasteiger partial charge on any atom is 0.249 e. The van der Waals surface area contributed by atoms with Gasteiger partial charge in [-0.3, -0.25) is 4.79 Å². The molecule has 0 N–H and O–H groups in total. The first-order chi connectivity index (χ1) is 14.5. The molecule has 0 saturated carbocycles. The lowest BCUT2D eigenvalue weighted by atomic mass is 10.1. The fraction of sp³-hybridized carbons (Fsp3) is 0.571. The van der Waals surface area contributed by atoms with Gasteiger partial charge in [-0.25, -0.2) is 4.31 Å². The number of carbonyl (C=O) groups is 1. The zero-order valence-corrected chi connectivity index (χ0v) is 19.7. The summed E-state index contributed by atoms with van der Waals surface area (Å²) in [7, 11) is 3.71. The Morgan fingerprint density at radius 3 is 2.60 bits per heavy atom. The van der Waals surface area contributed by atoms with Crippen molar-refractivity contribution >= 4 is 17.9 Å². The van der Waals surface area contributed by atoms with Gasteiger partial charge in [0, 0.05) is 24.5 Å². The third-order valence-corrected chi connectivity index (χ3v) is 6.01. The molecule has 0 spiro atoms. The number of amides is 1. The summed E-state index contributed by atoms with van der Waals surface area (Å²) in [6.45, 7) is 11.4. The fourth-order valence-corrected chi connectivity index (χ4v) is 3.98. The number of benzene rings is 1. The second-order valence-electron chi connectivity index (χ2n) is 6.84. The van der Waals surface area contributed by atoms with Crippen molar-refractivity contribution in [3.8, 4) is 5.75 Å². The van der Waals surface area contributed by atoms with Crippen LogP contribution in [0.3, 0.4) is 0 Å². The summed E-state index contributed by atoms with van der Waals surface area (Å²) in [5.74, 6) is 1.69. The van der Waals surface area contributed by atoms with Crippen LogP contribution in [0.1, 0.15) is 30.8 Å². The Hall–Kier alpha value is -2.10. The van der Waals surface area contributed by atoms with E-state index in [0.717, 1.165) is 24.7 Å². The first kappa shape index (κ1) is 24.2. The average molecular weight is 436 g/mol. The minimum absolute atomic E-state index is 0.00796. The Morgan fingerprint density at radius 1 is 1.23 bits per heavy atom. The monoisotopic (exact) mass is 435 g/mol. The summed E-state index contributed by atoms with van der Waals surface area (Å²) >= 11 is 1.68. The minimum atomic E-state index is -0.00796. The highest BCUT2D eigenvalue weighted by molar-refractivity contribution is 7.97. The number of aromatic nitrogens is 3. The van der Waals surface area contributed by atoms with Crippen LogP contribution in [0.15, 0.2) is 23.4 Å². The molecule has 0 unspecified atom stereocenters. The molecule has 0 fully saturated rings. The summed E-state index contributed by atoms with van der Waals surface area (Å²) in [5, 5.41) is 7.91. The predicted octanol–water partition coefficient (Wildman–Crippen LogP) is 2.93. The van der Waals surface area contributed by atoms with Gasteiger partial charge in [0.15, 0.2) is 5.82 Å². The Morgan fingerprint density at radius 2 is 1.93 bits per heavy atom. The number of methoxy groups -OCH3 is 1. The van der Waals surface area contributed by atoms with E-state index in [1.165, 1.54) is 16.0 Å². The molecule has 166 valence electrons. The third-order valence-electron chi connectivity index (χ3n) is 4.68. The fourth-order valence-electron chi connectivity index (χ4n) is 3.10. The van der Waals surface area contributed by atoms with Gasteiger partial charge in [0.1, 0.15) is 18.7 Å². The summed E-state index contributed by atoms with van der Waals surface area (Å²) in [5.41, 5.74) is 2.37. The van der Waals surface area contributed by atoms with Gasteiger partial charge in [0.2, 0.25) is 5.91 Å². The second-order valence-corrected chi connectivity index (χ2v) is 8.06. The van der Waals surface area contributed by atoms with Crippen molar-refractivity contribution in [1.29, 1.82) is 0 Å². The van der Waals surface area contributed by atoms with Gasteiger partial charge in [0.05, 0.1) is 20.3 Å². The lowest BCUT2D eigenvalue weighted by Gasteiger charge is -2.27. The van der Waals surface area contributed by atoms with Gasteiger partial charge in [0.25, 0.3) is 0 Å². The van der Waals surface area contributed by atoms with E-state index < -0.39 is 0 Å². The first-order valence-corrected chi connectivity index (χ1v) is 11.0. The number of rotatable bonds is 8. The molecule has 0 bridgehead atoms. The van der Waals surface area contributed by atoms with Gasteiger partial charge in [-0.05, 0) is 56.1 Å². The van der Waals surface area contributed by atoms with Gasteiger partial charge in [-0.1, -0.05) is 13.8 Å². The predicted molar refractivity (Wildman–Crippen MR) is 119 cm³/mol. The van der Waals surface area contributed by atoms with Crippen molar-refractivity contribution in [3.05, 3.63) is 35.4 Å². The van der Waals surface area contributed by atoms with E-state index in [2.05, 4.69) is 28.4 Å². The lowest BCUT2D eigenvalue weighted by Crippen LogP contribution is -2.40. The van der Waals surface area contributed by atoms with Crippen molar-refractivity contribution in [2.45, 2.75) is 45.7 Å². The number of hydrogen-bond acceptors (Lipinski definition) is 7. The van der Waals surface area contributed by atoms with Crippen LogP contribution in [0, 0.1) is 13.8 Å². The van der Waals surface area contributed by atoms with Crippen LogP contribution in [0.4, 0.5) is 0 Å². The van der Waals surface area contributed by atoms with Crippen molar-refractivity contribution < 1.29 is 14.3 Å². The van der Waals surface area contributed by atoms with E-state index in [0.29, 0.717) is 19.7 Å². The molecular formula is C21H33N5O3S. The highest BCUT2D eigenvalue weighted by Crippen LogP contribution is 2.31. The maximum atomic E-state index is 12.3. The van der Waals surface area contributed by atoms with Crippen LogP contribution < -0.4 is 4.74 Å². The van der Waals surface area contributed by atoms with Crippen LogP contribution >= 0.6 is 11.9 Å². The van der Waals surface area contributed by atoms with E-state index in [1.807, 2.05) is 37.6 Å². The Labute approximate surface area is 183 Å². The van der Waals surface area contributed by atoms with Gasteiger partial charge in [-0.15, -0.1) is 10.2 Å². The lowest BCUT2D eigenvalue weighted by molar-refractivity contribution is -0.137. The zero-order chi connectivity index (χ0) is 22.1. The number of carbonyl (C=O) groups excluding carboxylic acids is 1. The van der Waals surface area contributed by atoms with Crippen molar-refractivity contribution in [3.63, 3.8) is 0 Å². The van der Waals surface area contributed by atoms with Gasteiger partial charge >= 0.3 is 0 Å². The SMILES string of the molecule is CC.COc1cc(C)c(SN(C)CCOCC(=O)N2CCn3cnnc3C2)c(C)c1. The Balaban J connectivity index is 0.00000155. The highest BCUT2D eigenvalue weighted by atomic mass is 32.2. The van der Waals surface area contributed by atoms with Gasteiger partial charge < -0.3 is 18.9 Å². The van der Waals surface area contributed by atoms with Crippen LogP contribution in [0.2, 0.25) is 0 Å². The van der Waals surface area contributed by atoms with E-state index >= 15 is 0 Å². The number of aryl methyl sites for hydroxylation is 2. The molecule has 9 heteroatoms. The van der Waals surface area contributed by atoms with Crippen LogP contribution in [0.5, 0.6) is 5.75 Å². The summed E-state index contributed by atoms with van der Waals surface area (Å²) in [4.78, 5) is 15.3. The van der Waals surface area contributed by atoms with E-state index in [-0.39, 0.29) is 12.5 Å². The number of likely N-dealkylation sites (N-methyl/N-ethyl adjacent to an activating group) is 1. The number of hydrogen-bond donors (Lipinski definition) is 0. The molecule has 1 aliphatic heterocycles. The minimum Gasteiger partial charge on any atom is -0.497 e. The molecule has 8 nitrogen and oxygen atoms in total. The largest absolute Gasteiger partial charge is 0.497 e. The molecule has 30 heavy (non-hydrogen) atoms. The molecule has 2 aromatic rings. The Bertz CT molecular complexity index is 804. The van der Waals surface area contributed by atoms with Crippen LogP contribution in [-0.2, 0) is 22.6 Å². The number of nitrogens with zero attached hydrogens (tertiary/aromatic N) is 5. The normalized spacial score (nSPS) is 13.0. The molecule has 0 radical (unpaired) electrons. The molecule has 0 atom stereocenters. The molecule has 1 aromatic heterocycles. The zero-order valence-electron chi connectivity index (χ0n) is 18.8. The van der Waals surface area contributed by atoms with Crippen molar-refractivity contribution in [1.82, 2.24) is 24.0 Å². The quantitative estimate of drug-likeness (QED) is 0.466. The Kier molecular flexibility index (Phi) is 9.61. The third kappa shape index (κ3) is 6.45. The molecule has 0 saturated heterocycles. The summed E-state index contributed by atoms with van der Waals surface area (Å²) < 4.78 is 15.0. The topological polar surface area (TPSA) is 72.7 Å². The van der Waals surface area contributed by atoms with E-state index in [1.54, 1.807) is 30.3 Å². The van der Waals surface area contributed by atoms with Crippen molar-refractivity contribution in [2.75, 3.05) is 40.5 Å². The standard InChI is InChI=1S/C19H27N5O3S.C2H6/c1-14-9-16(26-4)10-15(2)19(14)28-22(3)7-8-27-12-18(25)23-5-6-24-13-20-21-17(24)11-23;1-2/h9-10,13H,5-8,11-12H2,1-4H3;1-2H3. The number of fused-ring (bicyclic) bond motifs is 1. The molecule has 1 aromatic carbocycles. The average Bonchev–Trinajstić information content (AvgIpc) is 3.22. The van der Waals surface area contributed by atoms with Crippen LogP contribution in [0.25, 0.3) is 0 Å². The highest BCUT2D eigenvalue weighted by Gasteiger charge is 2.21. The molecule has 2 heterocycles. The molecule has 3 rings (SSSR count). The van der Waals surface area contributed by atoms with E-state index in [4.69, 9.17) is 9.47 Å². The number of ether oxygens (including phenoxy) is 2.